The van der Waals surface area contributed by atoms with Crippen molar-refractivity contribution in [3.63, 3.8) is 0 Å². The molecule has 0 fully saturated rings. The zero-order chi connectivity index (χ0) is 9.02. The molecule has 0 aliphatic heterocycles. The van der Waals surface area contributed by atoms with Crippen LogP contribution in [-0.4, -0.2) is 11.2 Å². The first-order valence-electron chi connectivity index (χ1n) is 4.23. The Morgan fingerprint density at radius 3 is 1.55 bits per heavy atom. The van der Waals surface area contributed by atoms with Gasteiger partial charge in [-0.25, -0.2) is 0 Å². The van der Waals surface area contributed by atoms with Crippen molar-refractivity contribution < 1.29 is 5.11 Å². The Labute approximate surface area is 70.8 Å². The van der Waals surface area contributed by atoms with Crippen LogP contribution in [0.1, 0.15) is 41.0 Å². The van der Waals surface area contributed by atoms with Gasteiger partial charge in [-0.15, -0.1) is 0 Å². The van der Waals surface area contributed by atoms with Crippen LogP contribution in [0.4, 0.5) is 0 Å². The number of hydrogen-bond donors (Lipinski definition) is 1. The molecule has 0 aromatic heterocycles. The molecular weight excluding hydrogens is 136 g/mol. The number of aliphatic hydroxyl groups excluding tert-OH is 1. The Bertz CT molecular complexity index is 87.0. The SMILES string of the molecule is C[C](C)C(CC(C)O)[C](C)C. The van der Waals surface area contributed by atoms with Crippen molar-refractivity contribution in [1.82, 2.24) is 0 Å². The van der Waals surface area contributed by atoms with Crippen LogP contribution in [0.15, 0.2) is 0 Å². The third-order valence-corrected chi connectivity index (χ3v) is 1.97. The van der Waals surface area contributed by atoms with Crippen molar-refractivity contribution in [1.29, 1.82) is 0 Å². The van der Waals surface area contributed by atoms with Crippen LogP contribution in [0.5, 0.6) is 0 Å². The van der Waals surface area contributed by atoms with Gasteiger partial charge < -0.3 is 5.11 Å². The third kappa shape index (κ3) is 4.41. The Morgan fingerprint density at radius 2 is 1.45 bits per heavy atom. The summed E-state index contributed by atoms with van der Waals surface area (Å²) >= 11 is 0. The minimum Gasteiger partial charge on any atom is -0.393 e. The van der Waals surface area contributed by atoms with E-state index in [0.717, 1.165) is 6.42 Å². The topological polar surface area (TPSA) is 20.2 Å². The van der Waals surface area contributed by atoms with Crippen LogP contribution in [0.3, 0.4) is 0 Å². The van der Waals surface area contributed by atoms with Crippen molar-refractivity contribution in [3.05, 3.63) is 11.8 Å². The summed E-state index contributed by atoms with van der Waals surface area (Å²) in [4.78, 5) is 0. The van der Waals surface area contributed by atoms with Gasteiger partial charge in [-0.3, -0.25) is 0 Å². The van der Waals surface area contributed by atoms with E-state index in [4.69, 9.17) is 0 Å². The quantitative estimate of drug-likeness (QED) is 0.663. The third-order valence-electron chi connectivity index (χ3n) is 1.97. The molecule has 11 heavy (non-hydrogen) atoms. The van der Waals surface area contributed by atoms with E-state index in [2.05, 4.69) is 27.7 Å². The maximum absolute atomic E-state index is 9.19. The Morgan fingerprint density at radius 1 is 1.09 bits per heavy atom. The fourth-order valence-electron chi connectivity index (χ4n) is 1.39. The van der Waals surface area contributed by atoms with Crippen molar-refractivity contribution >= 4 is 0 Å². The molecule has 1 unspecified atom stereocenters. The van der Waals surface area contributed by atoms with Gasteiger partial charge in [0.15, 0.2) is 0 Å². The first-order valence-corrected chi connectivity index (χ1v) is 4.23. The van der Waals surface area contributed by atoms with Gasteiger partial charge >= 0.3 is 0 Å². The predicted octanol–water partition coefficient (Wildman–Crippen LogP) is 2.60. The summed E-state index contributed by atoms with van der Waals surface area (Å²) in [5.41, 5.74) is 0. The molecular formula is C10H20O. The molecule has 2 radical (unpaired) electrons. The van der Waals surface area contributed by atoms with Crippen molar-refractivity contribution in [2.45, 2.75) is 47.1 Å². The molecule has 1 nitrogen and oxygen atoms in total. The summed E-state index contributed by atoms with van der Waals surface area (Å²) < 4.78 is 0. The van der Waals surface area contributed by atoms with E-state index in [1.54, 1.807) is 0 Å². The normalized spacial score (nSPS) is 15.0. The highest BCUT2D eigenvalue weighted by molar-refractivity contribution is 5.02. The summed E-state index contributed by atoms with van der Waals surface area (Å²) in [6, 6.07) is 0. The number of hydrogen-bond acceptors (Lipinski definition) is 1. The Kier molecular flexibility index (Phi) is 4.74. The monoisotopic (exact) mass is 156 g/mol. The first-order chi connectivity index (χ1) is 4.95. The van der Waals surface area contributed by atoms with Gasteiger partial charge in [0.05, 0.1) is 6.10 Å². The van der Waals surface area contributed by atoms with Crippen LogP contribution in [0, 0.1) is 17.8 Å². The molecule has 1 N–H and O–H groups in total. The maximum Gasteiger partial charge on any atom is 0.0515 e. The average Bonchev–Trinajstić information content (AvgIpc) is 1.81. The molecule has 0 rings (SSSR count). The highest BCUT2D eigenvalue weighted by Crippen LogP contribution is 2.27. The van der Waals surface area contributed by atoms with Gasteiger partial charge in [-0.05, 0) is 31.1 Å². The molecule has 0 aliphatic carbocycles. The van der Waals surface area contributed by atoms with Crippen LogP contribution < -0.4 is 0 Å². The standard InChI is InChI=1S/C10H20O/c1-7(2)10(8(3)4)6-9(5)11/h9-11H,6H2,1-5H3. The molecule has 66 valence electrons. The van der Waals surface area contributed by atoms with E-state index in [1.165, 1.54) is 11.8 Å². The van der Waals surface area contributed by atoms with Gasteiger partial charge in [-0.2, -0.15) is 0 Å². The molecule has 0 aromatic rings. The largest absolute Gasteiger partial charge is 0.393 e. The summed E-state index contributed by atoms with van der Waals surface area (Å²) in [6.07, 6.45) is 0.676. The van der Waals surface area contributed by atoms with Crippen molar-refractivity contribution in [3.8, 4) is 0 Å². The second kappa shape index (κ2) is 4.76. The second-order valence-corrected chi connectivity index (χ2v) is 3.79. The zero-order valence-corrected chi connectivity index (χ0v) is 8.31. The summed E-state index contributed by atoms with van der Waals surface area (Å²) in [5, 5.41) is 9.19. The van der Waals surface area contributed by atoms with E-state index in [-0.39, 0.29) is 6.10 Å². The van der Waals surface area contributed by atoms with E-state index in [9.17, 15) is 5.11 Å². The lowest BCUT2D eigenvalue weighted by atomic mass is 9.82. The van der Waals surface area contributed by atoms with E-state index < -0.39 is 0 Å². The lowest BCUT2D eigenvalue weighted by molar-refractivity contribution is 0.165. The van der Waals surface area contributed by atoms with Gasteiger partial charge in [0.25, 0.3) is 0 Å². The van der Waals surface area contributed by atoms with E-state index >= 15 is 0 Å². The second-order valence-electron chi connectivity index (χ2n) is 3.79. The van der Waals surface area contributed by atoms with E-state index in [0.29, 0.717) is 5.92 Å². The highest BCUT2D eigenvalue weighted by atomic mass is 16.3. The fraction of sp³-hybridized carbons (Fsp3) is 0.800. The highest BCUT2D eigenvalue weighted by Gasteiger charge is 2.19. The smallest absolute Gasteiger partial charge is 0.0515 e. The van der Waals surface area contributed by atoms with Gasteiger partial charge in [-0.1, -0.05) is 27.7 Å². The molecule has 0 amide bonds. The zero-order valence-electron chi connectivity index (χ0n) is 8.31. The molecule has 0 heterocycles. The van der Waals surface area contributed by atoms with Gasteiger partial charge in [0.1, 0.15) is 0 Å². The van der Waals surface area contributed by atoms with E-state index in [1.807, 2.05) is 6.92 Å². The average molecular weight is 156 g/mol. The molecule has 0 aliphatic rings. The summed E-state index contributed by atoms with van der Waals surface area (Å²) in [6.45, 7) is 10.3. The lowest BCUT2D eigenvalue weighted by Crippen LogP contribution is -2.18. The lowest BCUT2D eigenvalue weighted by Gasteiger charge is -2.25. The molecule has 0 spiro atoms. The maximum atomic E-state index is 9.19. The fourth-order valence-corrected chi connectivity index (χ4v) is 1.39. The van der Waals surface area contributed by atoms with Crippen LogP contribution in [-0.2, 0) is 0 Å². The minimum absolute atomic E-state index is 0.190. The Balaban J connectivity index is 3.90. The molecule has 0 saturated heterocycles. The Hall–Kier alpha value is -0.0400. The first kappa shape index (κ1) is 11.0. The molecule has 0 saturated carbocycles. The van der Waals surface area contributed by atoms with Crippen molar-refractivity contribution in [2.75, 3.05) is 0 Å². The molecule has 0 aromatic carbocycles. The number of aliphatic hydroxyl groups is 1. The minimum atomic E-state index is -0.190. The van der Waals surface area contributed by atoms with Crippen LogP contribution in [0.25, 0.3) is 0 Å². The molecule has 0 bridgehead atoms. The van der Waals surface area contributed by atoms with Gasteiger partial charge in [0, 0.05) is 0 Å². The summed E-state index contributed by atoms with van der Waals surface area (Å²) in [5.74, 6) is 3.28. The van der Waals surface area contributed by atoms with Gasteiger partial charge in [0.2, 0.25) is 0 Å². The summed E-state index contributed by atoms with van der Waals surface area (Å²) in [7, 11) is 0. The predicted molar refractivity (Wildman–Crippen MR) is 49.0 cm³/mol. The van der Waals surface area contributed by atoms with Crippen molar-refractivity contribution in [2.24, 2.45) is 5.92 Å². The van der Waals surface area contributed by atoms with Crippen LogP contribution >= 0.6 is 0 Å². The number of rotatable bonds is 4. The molecule has 1 atom stereocenters. The van der Waals surface area contributed by atoms with Crippen LogP contribution in [0.2, 0.25) is 0 Å². The molecule has 1 heteroatoms.